The number of rotatable bonds is 8. The largest absolute Gasteiger partial charge is 0.354 e. The number of carbonyl (C=O) groups excluding carboxylic acids is 2. The van der Waals surface area contributed by atoms with Gasteiger partial charge in [0.25, 0.3) is 5.91 Å². The van der Waals surface area contributed by atoms with Crippen LogP contribution in [0.15, 0.2) is 48.8 Å². The number of pyridine rings is 1. The van der Waals surface area contributed by atoms with Crippen LogP contribution in [0.1, 0.15) is 41.5 Å². The molecule has 6 rings (SSSR count). The van der Waals surface area contributed by atoms with E-state index in [2.05, 4.69) is 47.8 Å². The molecule has 2 amide bonds. The van der Waals surface area contributed by atoms with E-state index in [1.807, 2.05) is 37.3 Å². The van der Waals surface area contributed by atoms with Crippen LogP contribution >= 0.6 is 11.6 Å². The van der Waals surface area contributed by atoms with Crippen LogP contribution in [0.2, 0.25) is 5.02 Å². The number of halogens is 1. The second-order valence-corrected chi connectivity index (χ2v) is 11.6. The van der Waals surface area contributed by atoms with Gasteiger partial charge in [-0.15, -0.1) is 5.10 Å². The Morgan fingerprint density at radius 2 is 1.82 bits per heavy atom. The third kappa shape index (κ3) is 5.92. The molecule has 0 unspecified atom stereocenters. The van der Waals surface area contributed by atoms with E-state index in [4.69, 9.17) is 16.6 Å². The number of hydrogen-bond donors (Lipinski definition) is 2. The highest BCUT2D eigenvalue weighted by Crippen LogP contribution is 2.32. The summed E-state index contributed by atoms with van der Waals surface area (Å²) >= 11 is 6.47. The van der Waals surface area contributed by atoms with Crippen molar-refractivity contribution in [2.45, 2.75) is 32.5 Å². The predicted molar refractivity (Wildman–Crippen MR) is 167 cm³/mol. The van der Waals surface area contributed by atoms with Gasteiger partial charge in [0.1, 0.15) is 11.9 Å². The number of nitrogens with one attached hydrogen (secondary N) is 2. The minimum Gasteiger partial charge on any atom is -0.354 e. The highest BCUT2D eigenvalue weighted by Gasteiger charge is 2.35. The van der Waals surface area contributed by atoms with Gasteiger partial charge in [-0.1, -0.05) is 35.0 Å². The molecule has 0 aliphatic carbocycles. The van der Waals surface area contributed by atoms with Gasteiger partial charge in [0.2, 0.25) is 11.9 Å². The molecule has 2 atom stereocenters. The normalized spacial score (nSPS) is 16.5. The minimum atomic E-state index is -0.687. The zero-order valence-corrected chi connectivity index (χ0v) is 25.8. The van der Waals surface area contributed by atoms with Crippen LogP contribution < -0.4 is 15.5 Å². The molecule has 0 saturated carbocycles. The van der Waals surface area contributed by atoms with E-state index in [1.54, 1.807) is 35.8 Å². The smallest absolute Gasteiger partial charge is 0.255 e. The molecule has 1 aromatic carbocycles. The summed E-state index contributed by atoms with van der Waals surface area (Å²) in [5, 5.41) is 14.2. The van der Waals surface area contributed by atoms with E-state index in [9.17, 15) is 9.59 Å². The number of benzene rings is 1. The molecular formula is C30H34ClN11O2. The lowest BCUT2D eigenvalue weighted by molar-refractivity contribution is -0.125. The van der Waals surface area contributed by atoms with E-state index >= 15 is 0 Å². The molecule has 1 fully saturated rings. The van der Waals surface area contributed by atoms with Crippen LogP contribution in [-0.4, -0.2) is 90.8 Å². The molecule has 4 aromatic rings. The van der Waals surface area contributed by atoms with Crippen LogP contribution in [0.4, 0.5) is 17.6 Å². The highest BCUT2D eigenvalue weighted by atomic mass is 35.5. The molecule has 228 valence electrons. The number of aromatic nitrogens is 6. The second-order valence-electron chi connectivity index (χ2n) is 11.2. The fourth-order valence-corrected chi connectivity index (χ4v) is 5.57. The Bertz CT molecular complexity index is 1700. The summed E-state index contributed by atoms with van der Waals surface area (Å²) in [6, 6.07) is 10.4. The SMILES string of the molecule is C[C@H](C(=O)N[C@H](C)c1cccc(N2CCN(C)CC2)n1)N1Cc2ccc(-c3nc(Nc4cnnn4C)ncc3Cl)cc2C1=O. The fourth-order valence-electron chi connectivity index (χ4n) is 5.37. The van der Waals surface area contributed by atoms with Crippen LogP contribution in [0.5, 0.6) is 0 Å². The Balaban J connectivity index is 1.13. The number of piperazine rings is 1. The molecule has 13 nitrogen and oxygen atoms in total. The van der Waals surface area contributed by atoms with Crippen LogP contribution in [-0.2, 0) is 18.4 Å². The summed E-state index contributed by atoms with van der Waals surface area (Å²) in [4.78, 5) is 46.7. The van der Waals surface area contributed by atoms with Crippen LogP contribution in [0, 0.1) is 0 Å². The number of likely N-dealkylation sites (N-methyl/N-ethyl adjacent to an activating group) is 1. The van der Waals surface area contributed by atoms with Gasteiger partial charge in [0, 0.05) is 50.9 Å². The van der Waals surface area contributed by atoms with E-state index in [0.29, 0.717) is 40.2 Å². The first-order chi connectivity index (χ1) is 21.2. The standard InChI is InChI=1S/C30H34ClN11O2/c1-18(24-6-5-7-25(35-24)41-12-10-39(3)11-13-41)34-28(43)19(2)42-17-21-9-8-20(14-22(21)29(42)44)27-23(31)15-32-30(37-27)36-26-16-33-38-40(26)4/h5-9,14-16,18-19H,10-13,17H2,1-4H3,(H,34,43)(H,32,36,37)/t18-,19-/m1/s1. The van der Waals surface area contributed by atoms with Crippen molar-refractivity contribution >= 4 is 41.0 Å². The van der Waals surface area contributed by atoms with Gasteiger partial charge in [0.15, 0.2) is 5.82 Å². The predicted octanol–water partition coefficient (Wildman–Crippen LogP) is 3.04. The van der Waals surface area contributed by atoms with Gasteiger partial charge in [-0.2, -0.15) is 0 Å². The molecule has 0 radical (unpaired) electrons. The van der Waals surface area contributed by atoms with Crippen molar-refractivity contribution in [3.63, 3.8) is 0 Å². The van der Waals surface area contributed by atoms with Crippen molar-refractivity contribution in [3.8, 4) is 11.3 Å². The van der Waals surface area contributed by atoms with Crippen molar-refractivity contribution in [1.29, 1.82) is 0 Å². The Morgan fingerprint density at radius 1 is 1.02 bits per heavy atom. The molecule has 3 aromatic heterocycles. The molecule has 0 spiro atoms. The minimum absolute atomic E-state index is 0.225. The zero-order chi connectivity index (χ0) is 31.0. The topological polar surface area (TPSA) is 137 Å². The van der Waals surface area contributed by atoms with Crippen molar-refractivity contribution in [3.05, 3.63) is 70.6 Å². The van der Waals surface area contributed by atoms with Gasteiger partial charge < -0.3 is 25.3 Å². The van der Waals surface area contributed by atoms with Crippen molar-refractivity contribution in [1.82, 2.24) is 45.1 Å². The number of carbonyl (C=O) groups is 2. The Morgan fingerprint density at radius 3 is 2.57 bits per heavy atom. The van der Waals surface area contributed by atoms with Gasteiger partial charge in [-0.05, 0) is 44.7 Å². The Kier molecular flexibility index (Phi) is 8.15. The molecular weight excluding hydrogens is 582 g/mol. The zero-order valence-electron chi connectivity index (χ0n) is 25.0. The first-order valence-electron chi connectivity index (χ1n) is 14.5. The number of amides is 2. The summed E-state index contributed by atoms with van der Waals surface area (Å²) in [6.07, 6.45) is 3.06. The lowest BCUT2D eigenvalue weighted by atomic mass is 10.0. The summed E-state index contributed by atoms with van der Waals surface area (Å²) < 4.78 is 1.56. The third-order valence-corrected chi connectivity index (χ3v) is 8.42. The highest BCUT2D eigenvalue weighted by molar-refractivity contribution is 6.33. The van der Waals surface area contributed by atoms with Gasteiger partial charge in [-0.25, -0.2) is 19.6 Å². The quantitative estimate of drug-likeness (QED) is 0.304. The van der Waals surface area contributed by atoms with E-state index in [-0.39, 0.29) is 17.9 Å². The number of hydrogen-bond acceptors (Lipinski definition) is 10. The lowest BCUT2D eigenvalue weighted by Crippen LogP contribution is -2.46. The van der Waals surface area contributed by atoms with Crippen molar-refractivity contribution in [2.24, 2.45) is 7.05 Å². The van der Waals surface area contributed by atoms with E-state index in [1.165, 1.54) is 6.20 Å². The van der Waals surface area contributed by atoms with E-state index < -0.39 is 6.04 Å². The van der Waals surface area contributed by atoms with Gasteiger partial charge >= 0.3 is 0 Å². The molecule has 0 bridgehead atoms. The van der Waals surface area contributed by atoms with E-state index in [0.717, 1.165) is 43.3 Å². The number of anilines is 3. The number of fused-ring (bicyclic) bond motifs is 1. The molecule has 14 heteroatoms. The van der Waals surface area contributed by atoms with Crippen LogP contribution in [0.3, 0.4) is 0 Å². The first-order valence-corrected chi connectivity index (χ1v) is 14.8. The van der Waals surface area contributed by atoms with Crippen LogP contribution in [0.25, 0.3) is 11.3 Å². The monoisotopic (exact) mass is 615 g/mol. The summed E-state index contributed by atoms with van der Waals surface area (Å²) in [5.74, 6) is 1.36. The third-order valence-electron chi connectivity index (χ3n) is 8.15. The average molecular weight is 616 g/mol. The van der Waals surface area contributed by atoms with Gasteiger partial charge in [0.05, 0.1) is 34.8 Å². The lowest BCUT2D eigenvalue weighted by Gasteiger charge is -2.33. The molecule has 5 heterocycles. The molecule has 1 saturated heterocycles. The maximum Gasteiger partial charge on any atom is 0.255 e. The molecule has 2 aliphatic heterocycles. The molecule has 44 heavy (non-hydrogen) atoms. The summed E-state index contributed by atoms with van der Waals surface area (Å²) in [7, 11) is 3.86. The Hall–Kier alpha value is -4.62. The molecule has 2 aliphatic rings. The van der Waals surface area contributed by atoms with Gasteiger partial charge in [-0.3, -0.25) is 9.59 Å². The second kappa shape index (κ2) is 12.2. The summed E-state index contributed by atoms with van der Waals surface area (Å²) in [6.45, 7) is 7.77. The summed E-state index contributed by atoms with van der Waals surface area (Å²) in [5.41, 5.74) is 3.25. The fraction of sp³-hybridized carbons (Fsp3) is 0.367. The maximum atomic E-state index is 13.6. The van der Waals surface area contributed by atoms with Crippen molar-refractivity contribution < 1.29 is 9.59 Å². The maximum absolute atomic E-state index is 13.6. The average Bonchev–Trinajstić information content (AvgIpc) is 3.59. The Labute approximate surface area is 260 Å². The molecule has 2 N–H and O–H groups in total. The number of nitrogens with zero attached hydrogens (tertiary/aromatic N) is 9. The van der Waals surface area contributed by atoms with Crippen molar-refractivity contribution in [2.75, 3.05) is 43.4 Å². The number of aryl methyl sites for hydroxylation is 1. The first kappa shape index (κ1) is 29.5.